The maximum Gasteiger partial charge on any atom is 0.418 e. The van der Waals surface area contributed by atoms with Gasteiger partial charge in [0.1, 0.15) is 0 Å². The molecule has 122 valence electrons. The van der Waals surface area contributed by atoms with Crippen LogP contribution in [-0.2, 0) is 6.18 Å². The van der Waals surface area contributed by atoms with E-state index in [1.54, 1.807) is 6.07 Å². The fourth-order valence-electron chi connectivity index (χ4n) is 3.63. The number of nitrogens with one attached hydrogen (secondary N) is 2. The summed E-state index contributed by atoms with van der Waals surface area (Å²) in [4.78, 5) is 0. The minimum atomic E-state index is -4.38. The number of aliphatic hydroxyl groups excluding tert-OH is 1. The molecule has 6 heteroatoms. The topological polar surface area (TPSA) is 44.3 Å². The Bertz CT molecular complexity index is 527. The van der Waals surface area contributed by atoms with Gasteiger partial charge < -0.3 is 15.7 Å². The van der Waals surface area contributed by atoms with Crippen molar-refractivity contribution in [1.29, 1.82) is 0 Å². The molecule has 0 aromatic heterocycles. The summed E-state index contributed by atoms with van der Waals surface area (Å²) in [5.41, 5.74) is 0.0839. The molecule has 0 saturated carbocycles. The minimum absolute atomic E-state index is 0.0285. The number of piperidine rings is 1. The number of benzene rings is 1. The van der Waals surface area contributed by atoms with E-state index in [1.165, 1.54) is 6.07 Å². The highest BCUT2D eigenvalue weighted by Gasteiger charge is 2.39. The number of anilines is 1. The zero-order chi connectivity index (χ0) is 15.7. The van der Waals surface area contributed by atoms with Crippen LogP contribution in [0, 0.1) is 0 Å². The van der Waals surface area contributed by atoms with E-state index in [-0.39, 0.29) is 17.6 Å². The molecule has 22 heavy (non-hydrogen) atoms. The van der Waals surface area contributed by atoms with Gasteiger partial charge in [-0.05, 0) is 37.4 Å². The van der Waals surface area contributed by atoms with Gasteiger partial charge in [0.2, 0.25) is 0 Å². The molecule has 3 N–H and O–H groups in total. The first-order valence-corrected chi connectivity index (χ1v) is 7.84. The van der Waals surface area contributed by atoms with Crippen molar-refractivity contribution in [3.8, 4) is 0 Å². The summed E-state index contributed by atoms with van der Waals surface area (Å²) < 4.78 is 39.4. The lowest BCUT2D eigenvalue weighted by Gasteiger charge is -2.37. The first kappa shape index (κ1) is 15.6. The minimum Gasteiger partial charge on any atom is -0.391 e. The van der Waals surface area contributed by atoms with Crippen LogP contribution in [-0.4, -0.2) is 30.3 Å². The largest absolute Gasteiger partial charge is 0.418 e. The summed E-state index contributed by atoms with van der Waals surface area (Å²) in [7, 11) is 0. The molecule has 0 aliphatic carbocycles. The Morgan fingerprint density at radius 2 is 1.95 bits per heavy atom. The lowest BCUT2D eigenvalue weighted by Crippen LogP contribution is -2.46. The summed E-state index contributed by atoms with van der Waals surface area (Å²) in [6.45, 7) is 1.32. The highest BCUT2D eigenvalue weighted by atomic mass is 19.4. The third-order valence-electron chi connectivity index (χ3n) is 4.73. The summed E-state index contributed by atoms with van der Waals surface area (Å²) in [6.07, 6.45) is -1.37. The molecule has 2 heterocycles. The highest BCUT2D eigenvalue weighted by molar-refractivity contribution is 5.62. The average molecular weight is 314 g/mol. The molecule has 0 spiro atoms. The van der Waals surface area contributed by atoms with Gasteiger partial charge in [-0.1, -0.05) is 18.6 Å². The van der Waals surface area contributed by atoms with Gasteiger partial charge in [0, 0.05) is 24.2 Å². The molecule has 3 rings (SSSR count). The van der Waals surface area contributed by atoms with Crippen molar-refractivity contribution in [2.45, 2.75) is 49.9 Å². The zero-order valence-corrected chi connectivity index (χ0v) is 12.3. The van der Waals surface area contributed by atoms with Crippen LogP contribution in [0.3, 0.4) is 0 Å². The van der Waals surface area contributed by atoms with Crippen LogP contribution in [0.4, 0.5) is 18.9 Å². The summed E-state index contributed by atoms with van der Waals surface area (Å²) in [6, 6.07) is 4.20. The van der Waals surface area contributed by atoms with Gasteiger partial charge >= 0.3 is 6.18 Å². The Balaban J connectivity index is 1.91. The second kappa shape index (κ2) is 6.08. The van der Waals surface area contributed by atoms with Crippen LogP contribution in [0.25, 0.3) is 0 Å². The van der Waals surface area contributed by atoms with E-state index in [4.69, 9.17) is 0 Å². The molecular weight excluding hydrogens is 293 g/mol. The molecule has 0 radical (unpaired) electrons. The van der Waals surface area contributed by atoms with E-state index in [0.29, 0.717) is 18.5 Å². The smallest absolute Gasteiger partial charge is 0.391 e. The third kappa shape index (κ3) is 2.94. The quantitative estimate of drug-likeness (QED) is 0.786. The Kier molecular flexibility index (Phi) is 4.32. The fraction of sp³-hybridized carbons (Fsp3) is 0.625. The van der Waals surface area contributed by atoms with E-state index >= 15 is 0 Å². The summed E-state index contributed by atoms with van der Waals surface area (Å²) in [5.74, 6) is -0.255. The molecule has 1 fully saturated rings. The number of aliphatic hydroxyl groups is 1. The molecule has 0 unspecified atom stereocenters. The number of fused-ring (bicyclic) bond motifs is 1. The zero-order valence-electron chi connectivity index (χ0n) is 12.3. The average Bonchev–Trinajstić information content (AvgIpc) is 2.53. The molecule has 0 bridgehead atoms. The second-order valence-electron chi connectivity index (χ2n) is 6.14. The molecule has 1 saturated heterocycles. The van der Waals surface area contributed by atoms with Crippen molar-refractivity contribution in [3.63, 3.8) is 0 Å². The van der Waals surface area contributed by atoms with E-state index in [9.17, 15) is 18.3 Å². The second-order valence-corrected chi connectivity index (χ2v) is 6.14. The molecule has 1 aromatic carbocycles. The van der Waals surface area contributed by atoms with Gasteiger partial charge in [0.25, 0.3) is 0 Å². The van der Waals surface area contributed by atoms with Crippen LogP contribution in [0.1, 0.15) is 42.7 Å². The number of alkyl halides is 3. The van der Waals surface area contributed by atoms with Crippen LogP contribution < -0.4 is 10.6 Å². The lowest BCUT2D eigenvalue weighted by molar-refractivity contribution is -0.137. The Morgan fingerprint density at radius 3 is 2.64 bits per heavy atom. The predicted molar refractivity (Wildman–Crippen MR) is 78.9 cm³/mol. The van der Waals surface area contributed by atoms with Crippen LogP contribution in [0.5, 0.6) is 0 Å². The predicted octanol–water partition coefficient (Wildman–Crippen LogP) is 3.11. The maximum absolute atomic E-state index is 13.1. The SMILES string of the molecule is O[C@H]([C@@H]1CCCCN1)[C@@H]1CCNc2c1cccc2C(F)(F)F. The lowest BCUT2D eigenvalue weighted by atomic mass is 9.80. The Morgan fingerprint density at radius 1 is 1.14 bits per heavy atom. The van der Waals surface area contributed by atoms with E-state index in [1.807, 2.05) is 0 Å². The maximum atomic E-state index is 13.1. The Hall–Kier alpha value is -1.27. The van der Waals surface area contributed by atoms with E-state index in [2.05, 4.69) is 10.6 Å². The first-order valence-electron chi connectivity index (χ1n) is 7.84. The van der Waals surface area contributed by atoms with Gasteiger partial charge in [-0.2, -0.15) is 13.2 Å². The van der Waals surface area contributed by atoms with Gasteiger partial charge in [0.15, 0.2) is 0 Å². The van der Waals surface area contributed by atoms with Crippen molar-refractivity contribution in [3.05, 3.63) is 29.3 Å². The van der Waals surface area contributed by atoms with Crippen molar-refractivity contribution < 1.29 is 18.3 Å². The number of rotatable bonds is 2. The third-order valence-corrected chi connectivity index (χ3v) is 4.73. The normalized spacial score (nSPS) is 26.9. The number of hydrogen-bond donors (Lipinski definition) is 3. The van der Waals surface area contributed by atoms with Crippen molar-refractivity contribution in [2.75, 3.05) is 18.4 Å². The first-order chi connectivity index (χ1) is 10.5. The van der Waals surface area contributed by atoms with Crippen molar-refractivity contribution in [2.24, 2.45) is 0 Å². The standard InChI is InChI=1S/C16H21F3N2O/c17-16(18,19)12-5-3-4-10-11(7-9-21-14(10)12)15(22)13-6-1-2-8-20-13/h3-5,11,13,15,20-22H,1-2,6-9H2/t11-,13+,15+/m1/s1. The summed E-state index contributed by atoms with van der Waals surface area (Å²) in [5, 5.41) is 16.8. The fourth-order valence-corrected chi connectivity index (χ4v) is 3.63. The molecule has 1 aromatic rings. The number of hydrogen-bond acceptors (Lipinski definition) is 3. The summed E-state index contributed by atoms with van der Waals surface area (Å²) >= 11 is 0. The number of para-hydroxylation sites is 1. The molecular formula is C16H21F3N2O. The van der Waals surface area contributed by atoms with Gasteiger partial charge in [0.05, 0.1) is 11.7 Å². The number of halogens is 3. The molecule has 3 atom stereocenters. The van der Waals surface area contributed by atoms with Gasteiger partial charge in [-0.25, -0.2) is 0 Å². The van der Waals surface area contributed by atoms with Gasteiger partial charge in [-0.3, -0.25) is 0 Å². The van der Waals surface area contributed by atoms with E-state index < -0.39 is 17.8 Å². The molecule has 2 aliphatic heterocycles. The van der Waals surface area contributed by atoms with Gasteiger partial charge in [-0.15, -0.1) is 0 Å². The van der Waals surface area contributed by atoms with E-state index in [0.717, 1.165) is 31.9 Å². The van der Waals surface area contributed by atoms with Crippen molar-refractivity contribution >= 4 is 5.69 Å². The molecule has 0 amide bonds. The molecule has 3 nitrogen and oxygen atoms in total. The van der Waals surface area contributed by atoms with Crippen LogP contribution in [0.2, 0.25) is 0 Å². The Labute approximate surface area is 127 Å². The monoisotopic (exact) mass is 314 g/mol. The van der Waals surface area contributed by atoms with Crippen molar-refractivity contribution in [1.82, 2.24) is 5.32 Å². The van der Waals surface area contributed by atoms with Crippen LogP contribution in [0.15, 0.2) is 18.2 Å². The highest BCUT2D eigenvalue weighted by Crippen LogP contribution is 2.43. The van der Waals surface area contributed by atoms with Crippen LogP contribution >= 0.6 is 0 Å². The molecule has 2 aliphatic rings.